The van der Waals surface area contributed by atoms with Gasteiger partial charge in [-0.15, -0.1) is 0 Å². The van der Waals surface area contributed by atoms with Crippen molar-refractivity contribution in [2.24, 2.45) is 9.98 Å². The Bertz CT molecular complexity index is 4460. The Morgan fingerprint density at radius 1 is 0.122 bits per heavy atom. The average Bonchev–Trinajstić information content (AvgIpc) is 1.31. The number of benzene rings is 14. The predicted octanol–water partition coefficient (Wildman–Crippen LogP) is 23.1. The summed E-state index contributed by atoms with van der Waals surface area (Å²) in [6.45, 7) is 0. The van der Waals surface area contributed by atoms with Gasteiger partial charge in [0.15, 0.2) is 0 Å². The first kappa shape index (κ1) is 55.0. The molecule has 90 heavy (non-hydrogen) atoms. The molecule has 1 aliphatic heterocycles. The van der Waals surface area contributed by atoms with Crippen LogP contribution in [0.25, 0.3) is 111 Å². The van der Waals surface area contributed by atoms with Crippen LogP contribution in [0.15, 0.2) is 374 Å². The van der Waals surface area contributed by atoms with Crippen LogP contribution in [-0.4, -0.2) is 11.4 Å². The number of nitrogens with zero attached hydrogens (tertiary/aromatic N) is 2. The summed E-state index contributed by atoms with van der Waals surface area (Å²) in [6, 6.07) is 131. The van der Waals surface area contributed by atoms with Crippen LogP contribution >= 0.6 is 0 Å². The molecule has 14 aromatic rings. The standard InChI is InChI=1S/C88H62N2/c1-5-13-61(14-6-1)63-21-25-65(26-22-63)67-29-33-69(34-30-67)71-37-41-73(42-38-71)75-45-49-77(50-46-75)79-53-57-83(58-54-79)87-88(90-86(82-19-11-4-12-20-82)85(89-87)81-17-9-3-10-18-81)84-59-55-80(56-60-84)78-51-47-76(48-52-78)74-43-39-72(40-44-74)70-35-31-68(32-36-70)66-27-23-64(24-28-66)62-15-7-2-8-16-62/h1-60,85-86H. The second-order valence-corrected chi connectivity index (χ2v) is 23.2. The average molecular weight is 1150 g/mol. The Hall–Kier alpha value is -11.6. The SMILES string of the molecule is c1ccc(-c2ccc(-c3ccc(-c4ccc(-c5ccc(-c6ccc(C7=NC(c8ccccc8)C(c8ccccc8)N=C7c7ccc(-c8ccc(-c9ccc(-c%10ccc(-c%11ccc(-c%12ccccc%12)cc%11)cc%10)cc9)cc8)cc7)cc6)cc5)cc4)cc3)cc2)cc1. The van der Waals surface area contributed by atoms with Crippen LogP contribution in [0.5, 0.6) is 0 Å². The van der Waals surface area contributed by atoms with Gasteiger partial charge in [-0.1, -0.05) is 364 Å². The van der Waals surface area contributed by atoms with E-state index in [0.29, 0.717) is 0 Å². The van der Waals surface area contributed by atoms with Crippen LogP contribution in [0, 0.1) is 0 Å². The fourth-order valence-electron chi connectivity index (χ4n) is 12.5. The molecule has 0 amide bonds. The second kappa shape index (κ2) is 25.0. The Morgan fingerprint density at radius 3 is 0.400 bits per heavy atom. The maximum absolute atomic E-state index is 5.69. The Balaban J connectivity index is 0.641. The second-order valence-electron chi connectivity index (χ2n) is 23.2. The van der Waals surface area contributed by atoms with Crippen molar-refractivity contribution in [3.63, 3.8) is 0 Å². The first-order valence-corrected chi connectivity index (χ1v) is 31.0. The van der Waals surface area contributed by atoms with Crippen molar-refractivity contribution in [2.75, 3.05) is 0 Å². The van der Waals surface area contributed by atoms with Crippen molar-refractivity contribution < 1.29 is 0 Å². The molecule has 424 valence electrons. The maximum atomic E-state index is 5.69. The Kier molecular flexibility index (Phi) is 15.3. The summed E-state index contributed by atoms with van der Waals surface area (Å²) in [4.78, 5) is 11.4. The molecule has 1 heterocycles. The van der Waals surface area contributed by atoms with Crippen molar-refractivity contribution in [1.29, 1.82) is 0 Å². The third-order valence-corrected chi connectivity index (χ3v) is 17.6. The highest BCUT2D eigenvalue weighted by Crippen LogP contribution is 2.41. The first-order chi connectivity index (χ1) is 44.6. The highest BCUT2D eigenvalue weighted by Gasteiger charge is 2.32. The van der Waals surface area contributed by atoms with E-state index in [1.807, 2.05) is 0 Å². The third kappa shape index (κ3) is 11.7. The van der Waals surface area contributed by atoms with Crippen LogP contribution in [0.1, 0.15) is 34.3 Å². The van der Waals surface area contributed by atoms with Gasteiger partial charge in [0.2, 0.25) is 0 Å². The molecule has 2 unspecified atom stereocenters. The van der Waals surface area contributed by atoms with E-state index in [-0.39, 0.29) is 12.1 Å². The lowest BCUT2D eigenvalue weighted by Gasteiger charge is -2.29. The summed E-state index contributed by atoms with van der Waals surface area (Å²) in [5.41, 5.74) is 30.0. The lowest BCUT2D eigenvalue weighted by Crippen LogP contribution is -2.26. The van der Waals surface area contributed by atoms with Gasteiger partial charge in [-0.3, -0.25) is 9.98 Å². The van der Waals surface area contributed by atoms with E-state index in [0.717, 1.165) is 55.9 Å². The van der Waals surface area contributed by atoms with Gasteiger partial charge in [0, 0.05) is 11.1 Å². The fourth-order valence-corrected chi connectivity index (χ4v) is 12.5. The molecule has 0 aromatic heterocycles. The van der Waals surface area contributed by atoms with Gasteiger partial charge < -0.3 is 0 Å². The van der Waals surface area contributed by atoms with Gasteiger partial charge in [-0.05, 0) is 122 Å². The van der Waals surface area contributed by atoms with E-state index in [2.05, 4.69) is 364 Å². The van der Waals surface area contributed by atoms with E-state index in [1.54, 1.807) is 0 Å². The van der Waals surface area contributed by atoms with E-state index in [4.69, 9.17) is 9.98 Å². The number of hydrogen-bond acceptors (Lipinski definition) is 2. The molecule has 2 atom stereocenters. The van der Waals surface area contributed by atoms with Crippen molar-refractivity contribution in [3.05, 3.63) is 386 Å². The minimum absolute atomic E-state index is 0.209. The fraction of sp³-hybridized carbons (Fsp3) is 0.0227. The lowest BCUT2D eigenvalue weighted by atomic mass is 9.88. The summed E-state index contributed by atoms with van der Waals surface area (Å²) >= 11 is 0. The lowest BCUT2D eigenvalue weighted by molar-refractivity contribution is 0.574. The normalized spacial score (nSPS) is 13.7. The minimum atomic E-state index is -0.209. The summed E-state index contributed by atoms with van der Waals surface area (Å²) in [7, 11) is 0. The minimum Gasteiger partial charge on any atom is -0.272 e. The summed E-state index contributed by atoms with van der Waals surface area (Å²) in [6.07, 6.45) is 0. The van der Waals surface area contributed by atoms with Gasteiger partial charge >= 0.3 is 0 Å². The van der Waals surface area contributed by atoms with E-state index in [9.17, 15) is 0 Å². The molecule has 0 saturated carbocycles. The summed E-state index contributed by atoms with van der Waals surface area (Å²) in [5, 5.41) is 0. The molecule has 0 spiro atoms. The molecule has 0 saturated heterocycles. The van der Waals surface area contributed by atoms with E-state index in [1.165, 1.54) is 89.0 Å². The first-order valence-electron chi connectivity index (χ1n) is 31.0. The van der Waals surface area contributed by atoms with Gasteiger partial charge in [-0.25, -0.2) is 0 Å². The van der Waals surface area contributed by atoms with Crippen LogP contribution in [0.2, 0.25) is 0 Å². The molecule has 0 N–H and O–H groups in total. The molecule has 0 fully saturated rings. The highest BCUT2D eigenvalue weighted by atomic mass is 15.0. The monoisotopic (exact) mass is 1150 g/mol. The van der Waals surface area contributed by atoms with Crippen molar-refractivity contribution in [3.8, 4) is 111 Å². The molecule has 14 aromatic carbocycles. The molecule has 0 aliphatic carbocycles. The summed E-state index contributed by atoms with van der Waals surface area (Å²) < 4.78 is 0. The van der Waals surface area contributed by atoms with Crippen LogP contribution in [0.3, 0.4) is 0 Å². The van der Waals surface area contributed by atoms with Gasteiger partial charge in [0.25, 0.3) is 0 Å². The smallest absolute Gasteiger partial charge is 0.102 e. The van der Waals surface area contributed by atoms with Crippen LogP contribution in [-0.2, 0) is 0 Å². The number of rotatable bonds is 14. The Morgan fingerprint density at radius 2 is 0.244 bits per heavy atom. The van der Waals surface area contributed by atoms with Gasteiger partial charge in [-0.2, -0.15) is 0 Å². The van der Waals surface area contributed by atoms with Crippen molar-refractivity contribution in [1.82, 2.24) is 0 Å². The van der Waals surface area contributed by atoms with Crippen LogP contribution in [0.4, 0.5) is 0 Å². The molecule has 2 heteroatoms. The van der Waals surface area contributed by atoms with Crippen LogP contribution < -0.4 is 0 Å². The molecule has 15 rings (SSSR count). The van der Waals surface area contributed by atoms with E-state index >= 15 is 0 Å². The van der Waals surface area contributed by atoms with Crippen molar-refractivity contribution in [2.45, 2.75) is 12.1 Å². The molecule has 0 bridgehead atoms. The topological polar surface area (TPSA) is 24.7 Å². The number of hydrogen-bond donors (Lipinski definition) is 0. The quantitative estimate of drug-likeness (QED) is 0.104. The van der Waals surface area contributed by atoms with E-state index < -0.39 is 0 Å². The largest absolute Gasteiger partial charge is 0.272 e. The van der Waals surface area contributed by atoms with Crippen molar-refractivity contribution >= 4 is 11.4 Å². The molecular weight excluding hydrogens is 1080 g/mol. The summed E-state index contributed by atoms with van der Waals surface area (Å²) in [5.74, 6) is 0. The zero-order valence-electron chi connectivity index (χ0n) is 49.7. The van der Waals surface area contributed by atoms with Gasteiger partial charge in [0.05, 0.1) is 11.4 Å². The van der Waals surface area contributed by atoms with Gasteiger partial charge in [0.1, 0.15) is 12.1 Å². The zero-order valence-corrected chi connectivity index (χ0v) is 49.7. The molecule has 0 radical (unpaired) electrons. The molecule has 2 nitrogen and oxygen atoms in total. The molecule has 1 aliphatic rings. The highest BCUT2D eigenvalue weighted by molar-refractivity contribution is 6.54. The number of aliphatic imine (C=N–C) groups is 2. The molecular formula is C88H62N2. The zero-order chi connectivity index (χ0) is 60.0. The maximum Gasteiger partial charge on any atom is 0.102 e. The predicted molar refractivity (Wildman–Crippen MR) is 379 cm³/mol. The third-order valence-electron chi connectivity index (χ3n) is 17.6. The Labute approximate surface area is 527 Å².